The molecule has 0 amide bonds. The number of phenols is 1. The fourth-order valence-electron chi connectivity index (χ4n) is 9.32. The normalized spacial score (nSPS) is 30.8. The van der Waals surface area contributed by atoms with E-state index in [2.05, 4.69) is 25.9 Å². The summed E-state index contributed by atoms with van der Waals surface area (Å²) in [5.41, 5.74) is 4.02. The number of ether oxygens (including phenoxy) is 2. The van der Waals surface area contributed by atoms with Gasteiger partial charge in [-0.05, 0) is 69.0 Å². The molecular formula is C35H40N6O3. The highest BCUT2D eigenvalue weighted by Gasteiger charge is 2.56. The molecule has 6 aliphatic heterocycles. The van der Waals surface area contributed by atoms with Crippen LogP contribution in [0.15, 0.2) is 30.3 Å². The SMILES string of the molecule is C#Cc1cccc2cc(O)cc(N3CCc4c(nc(OCC56CCCN5C5CCOC5C6)nc4N4CC5CCC(C4)N5)C3)c12. The van der Waals surface area contributed by atoms with E-state index in [1.807, 2.05) is 24.3 Å². The van der Waals surface area contributed by atoms with Gasteiger partial charge in [0.1, 0.15) is 18.2 Å². The van der Waals surface area contributed by atoms with Crippen LogP contribution >= 0.6 is 0 Å². The minimum Gasteiger partial charge on any atom is -0.508 e. The maximum atomic E-state index is 10.7. The summed E-state index contributed by atoms with van der Waals surface area (Å²) in [4.78, 5) is 17.8. The number of aromatic nitrogens is 2. The molecule has 6 aliphatic rings. The Hall–Kier alpha value is -3.58. The quantitative estimate of drug-likeness (QED) is 0.432. The van der Waals surface area contributed by atoms with Crippen LogP contribution in [0.4, 0.5) is 11.5 Å². The summed E-state index contributed by atoms with van der Waals surface area (Å²) in [6, 6.07) is 11.6. The van der Waals surface area contributed by atoms with Crippen molar-refractivity contribution in [3.05, 3.63) is 47.2 Å². The molecule has 5 saturated heterocycles. The lowest BCUT2D eigenvalue weighted by Gasteiger charge is -2.38. The summed E-state index contributed by atoms with van der Waals surface area (Å²) < 4.78 is 12.8. The van der Waals surface area contributed by atoms with Gasteiger partial charge < -0.3 is 29.7 Å². The van der Waals surface area contributed by atoms with Crippen molar-refractivity contribution >= 4 is 22.3 Å². The first kappa shape index (κ1) is 26.8. The monoisotopic (exact) mass is 592 g/mol. The molecular weight excluding hydrogens is 552 g/mol. The van der Waals surface area contributed by atoms with E-state index in [1.165, 1.54) is 24.8 Å². The predicted molar refractivity (Wildman–Crippen MR) is 169 cm³/mol. The fourth-order valence-corrected chi connectivity index (χ4v) is 9.32. The zero-order valence-electron chi connectivity index (χ0n) is 25.2. The van der Waals surface area contributed by atoms with E-state index in [4.69, 9.17) is 25.9 Å². The van der Waals surface area contributed by atoms with Crippen molar-refractivity contribution < 1.29 is 14.6 Å². The summed E-state index contributed by atoms with van der Waals surface area (Å²) >= 11 is 0. The van der Waals surface area contributed by atoms with Gasteiger partial charge in [0.05, 0.1) is 23.9 Å². The van der Waals surface area contributed by atoms with E-state index in [-0.39, 0.29) is 11.3 Å². The van der Waals surface area contributed by atoms with Crippen molar-refractivity contribution in [3.63, 3.8) is 0 Å². The minimum atomic E-state index is 0.0154. The zero-order chi connectivity index (χ0) is 29.4. The third-order valence-electron chi connectivity index (χ3n) is 11.3. The number of piperazine rings is 1. The van der Waals surface area contributed by atoms with Gasteiger partial charge in [-0.15, -0.1) is 6.42 Å². The Morgan fingerprint density at radius 3 is 2.86 bits per heavy atom. The Morgan fingerprint density at radius 2 is 2.00 bits per heavy atom. The number of hydrogen-bond acceptors (Lipinski definition) is 9. The number of fused-ring (bicyclic) bond motifs is 7. The van der Waals surface area contributed by atoms with Gasteiger partial charge in [0, 0.05) is 72.6 Å². The number of benzene rings is 2. The molecule has 2 aromatic carbocycles. The van der Waals surface area contributed by atoms with Crippen LogP contribution in [0.2, 0.25) is 0 Å². The average Bonchev–Trinajstić information content (AvgIpc) is 3.80. The minimum absolute atomic E-state index is 0.0154. The van der Waals surface area contributed by atoms with Gasteiger partial charge in [-0.2, -0.15) is 9.97 Å². The molecule has 9 rings (SSSR count). The lowest BCUT2D eigenvalue weighted by molar-refractivity contribution is 0.0761. The molecule has 228 valence electrons. The van der Waals surface area contributed by atoms with Crippen LogP contribution in [0.25, 0.3) is 10.8 Å². The van der Waals surface area contributed by atoms with Crippen molar-refractivity contribution in [2.75, 3.05) is 49.2 Å². The van der Waals surface area contributed by atoms with Crippen LogP contribution in [0, 0.1) is 12.3 Å². The van der Waals surface area contributed by atoms with Crippen molar-refractivity contribution in [1.29, 1.82) is 0 Å². The second-order valence-electron chi connectivity index (χ2n) is 13.8. The van der Waals surface area contributed by atoms with Gasteiger partial charge >= 0.3 is 6.01 Å². The molecule has 0 radical (unpaired) electrons. The highest BCUT2D eigenvalue weighted by Crippen LogP contribution is 2.47. The third kappa shape index (κ3) is 4.26. The number of nitrogens with one attached hydrogen (secondary N) is 1. The summed E-state index contributed by atoms with van der Waals surface area (Å²) in [6.07, 6.45) is 14.0. The van der Waals surface area contributed by atoms with E-state index in [9.17, 15) is 5.11 Å². The van der Waals surface area contributed by atoms with Gasteiger partial charge in [-0.1, -0.05) is 18.1 Å². The Morgan fingerprint density at radius 1 is 1.11 bits per heavy atom. The predicted octanol–water partition coefficient (Wildman–Crippen LogP) is 3.59. The van der Waals surface area contributed by atoms with Crippen LogP contribution < -0.4 is 19.9 Å². The molecule has 44 heavy (non-hydrogen) atoms. The van der Waals surface area contributed by atoms with Crippen molar-refractivity contribution in [2.24, 2.45) is 0 Å². The van der Waals surface area contributed by atoms with E-state index >= 15 is 0 Å². The number of anilines is 2. The number of phenolic OH excluding ortho intramolecular Hbond substituents is 1. The molecule has 9 heteroatoms. The number of terminal acetylenes is 1. The molecule has 7 heterocycles. The first-order chi connectivity index (χ1) is 21.6. The maximum absolute atomic E-state index is 10.7. The summed E-state index contributed by atoms with van der Waals surface area (Å²) in [5, 5.41) is 16.4. The van der Waals surface area contributed by atoms with Crippen molar-refractivity contribution in [1.82, 2.24) is 20.2 Å². The van der Waals surface area contributed by atoms with Gasteiger partial charge in [0.2, 0.25) is 0 Å². The third-order valence-corrected chi connectivity index (χ3v) is 11.3. The molecule has 0 spiro atoms. The molecule has 1 aromatic heterocycles. The van der Waals surface area contributed by atoms with Gasteiger partial charge in [0.25, 0.3) is 0 Å². The first-order valence-corrected chi connectivity index (χ1v) is 16.5. The largest absolute Gasteiger partial charge is 0.508 e. The van der Waals surface area contributed by atoms with Crippen LogP contribution in [0.5, 0.6) is 11.8 Å². The lowest BCUT2D eigenvalue weighted by Crippen LogP contribution is -2.52. The average molecular weight is 593 g/mol. The smallest absolute Gasteiger partial charge is 0.318 e. The number of hydrogen-bond donors (Lipinski definition) is 2. The van der Waals surface area contributed by atoms with Crippen molar-refractivity contribution in [3.8, 4) is 24.1 Å². The zero-order valence-corrected chi connectivity index (χ0v) is 25.2. The lowest BCUT2D eigenvalue weighted by atomic mass is 9.94. The number of rotatable bonds is 5. The van der Waals surface area contributed by atoms with Crippen LogP contribution in [0.1, 0.15) is 55.3 Å². The van der Waals surface area contributed by atoms with E-state index in [0.717, 1.165) is 92.0 Å². The summed E-state index contributed by atoms with van der Waals surface area (Å²) in [7, 11) is 0. The molecule has 0 aliphatic carbocycles. The Labute approximate surface area is 258 Å². The molecule has 5 atom stereocenters. The number of nitrogens with zero attached hydrogens (tertiary/aromatic N) is 5. The molecule has 5 unspecified atom stereocenters. The highest BCUT2D eigenvalue weighted by molar-refractivity contribution is 6.00. The number of aromatic hydroxyl groups is 1. The Balaban J connectivity index is 1.07. The van der Waals surface area contributed by atoms with E-state index in [0.29, 0.717) is 43.4 Å². The van der Waals surface area contributed by atoms with Crippen LogP contribution in [-0.2, 0) is 17.7 Å². The fraction of sp³-hybridized carbons (Fsp3) is 0.543. The standard InChI is InChI=1S/C35H40N6O3/c1-2-22-5-3-6-23-15-26(42)16-30(32(22)23)39-13-9-27-28(20-39)37-34(38-33(27)40-18-24-7-8-25(19-40)36-24)44-21-35-11-4-12-41(35)29-10-14-43-31(29)17-35/h1,3,5-6,15-16,24-25,29,31,36,42H,4,7-14,17-21H2. The maximum Gasteiger partial charge on any atom is 0.318 e. The van der Waals surface area contributed by atoms with E-state index < -0.39 is 0 Å². The van der Waals surface area contributed by atoms with Crippen LogP contribution in [0.3, 0.4) is 0 Å². The highest BCUT2D eigenvalue weighted by atomic mass is 16.5. The molecule has 2 N–H and O–H groups in total. The molecule has 0 saturated carbocycles. The summed E-state index contributed by atoms with van der Waals surface area (Å²) in [5.74, 6) is 4.14. The summed E-state index contributed by atoms with van der Waals surface area (Å²) in [6.45, 7) is 5.92. The van der Waals surface area contributed by atoms with Crippen LogP contribution in [-0.4, -0.2) is 89.1 Å². The molecule has 5 fully saturated rings. The van der Waals surface area contributed by atoms with Gasteiger partial charge in [0.15, 0.2) is 0 Å². The van der Waals surface area contributed by atoms with Crippen molar-refractivity contribution in [2.45, 2.75) is 81.3 Å². The second kappa shape index (κ2) is 10.2. The Bertz CT molecular complexity index is 1660. The topological polar surface area (TPSA) is 86.2 Å². The van der Waals surface area contributed by atoms with Gasteiger partial charge in [-0.25, -0.2) is 0 Å². The van der Waals surface area contributed by atoms with Gasteiger partial charge in [-0.3, -0.25) is 4.90 Å². The molecule has 2 bridgehead atoms. The van der Waals surface area contributed by atoms with E-state index in [1.54, 1.807) is 6.07 Å². The molecule has 3 aromatic rings. The first-order valence-electron chi connectivity index (χ1n) is 16.5. The Kier molecular flexibility index (Phi) is 6.23. The molecule has 9 nitrogen and oxygen atoms in total. The second-order valence-corrected chi connectivity index (χ2v) is 13.8.